The van der Waals surface area contributed by atoms with Crippen LogP contribution in [0.15, 0.2) is 12.7 Å². The number of ether oxygens (including phenoxy) is 2. The van der Waals surface area contributed by atoms with Crippen LogP contribution in [0.5, 0.6) is 0 Å². The standard InChI is InChI=1S/C10H16O4/c1-4-8(14-10(12)6-3)7-13-9(11)5-2/h4,8H,1,5-7H2,2-3H3. The van der Waals surface area contributed by atoms with E-state index in [0.717, 1.165) is 0 Å². The molecule has 0 amide bonds. The molecule has 0 aromatic carbocycles. The third kappa shape index (κ3) is 5.35. The van der Waals surface area contributed by atoms with Gasteiger partial charge in [-0.1, -0.05) is 20.4 Å². The van der Waals surface area contributed by atoms with Gasteiger partial charge in [0.2, 0.25) is 0 Å². The molecule has 0 aromatic heterocycles. The highest BCUT2D eigenvalue weighted by molar-refractivity contribution is 5.70. The molecule has 0 saturated carbocycles. The van der Waals surface area contributed by atoms with Crippen LogP contribution in [0.4, 0.5) is 0 Å². The van der Waals surface area contributed by atoms with Crippen molar-refractivity contribution >= 4 is 11.9 Å². The van der Waals surface area contributed by atoms with E-state index < -0.39 is 6.10 Å². The average molecular weight is 200 g/mol. The molecule has 80 valence electrons. The Bertz CT molecular complexity index is 210. The molecule has 0 rings (SSSR count). The van der Waals surface area contributed by atoms with E-state index in [1.807, 2.05) is 0 Å². The summed E-state index contributed by atoms with van der Waals surface area (Å²) in [5, 5.41) is 0. The lowest BCUT2D eigenvalue weighted by atomic mass is 10.3. The minimum absolute atomic E-state index is 0.0436. The van der Waals surface area contributed by atoms with Crippen LogP contribution in [0, 0.1) is 0 Å². The molecule has 0 aromatic rings. The summed E-state index contributed by atoms with van der Waals surface area (Å²) in [4.78, 5) is 21.7. The number of carbonyl (C=O) groups excluding carboxylic acids is 2. The normalized spacial score (nSPS) is 11.6. The van der Waals surface area contributed by atoms with Crippen LogP contribution in [-0.2, 0) is 19.1 Å². The smallest absolute Gasteiger partial charge is 0.306 e. The van der Waals surface area contributed by atoms with Crippen LogP contribution >= 0.6 is 0 Å². The van der Waals surface area contributed by atoms with Gasteiger partial charge in [-0.15, -0.1) is 0 Å². The van der Waals surface area contributed by atoms with E-state index in [2.05, 4.69) is 6.58 Å². The first-order valence-electron chi connectivity index (χ1n) is 4.61. The minimum Gasteiger partial charge on any atom is -0.461 e. The minimum atomic E-state index is -0.544. The van der Waals surface area contributed by atoms with Crippen LogP contribution in [0.3, 0.4) is 0 Å². The predicted octanol–water partition coefficient (Wildman–Crippen LogP) is 1.45. The fourth-order valence-corrected chi connectivity index (χ4v) is 0.679. The molecule has 0 N–H and O–H groups in total. The molecule has 0 spiro atoms. The van der Waals surface area contributed by atoms with E-state index in [1.165, 1.54) is 6.08 Å². The maximum Gasteiger partial charge on any atom is 0.306 e. The lowest BCUT2D eigenvalue weighted by Gasteiger charge is -2.13. The Labute approximate surface area is 83.9 Å². The number of carbonyl (C=O) groups is 2. The second-order valence-corrected chi connectivity index (χ2v) is 2.65. The van der Waals surface area contributed by atoms with Crippen LogP contribution in [0.2, 0.25) is 0 Å². The molecular formula is C10H16O4. The van der Waals surface area contributed by atoms with Crippen molar-refractivity contribution in [1.29, 1.82) is 0 Å². The highest BCUT2D eigenvalue weighted by Crippen LogP contribution is 1.98. The highest BCUT2D eigenvalue weighted by atomic mass is 16.6. The first-order valence-corrected chi connectivity index (χ1v) is 4.61. The molecular weight excluding hydrogens is 184 g/mol. The molecule has 0 aliphatic heterocycles. The molecule has 1 unspecified atom stereocenters. The van der Waals surface area contributed by atoms with Gasteiger partial charge in [-0.25, -0.2) is 0 Å². The fourth-order valence-electron chi connectivity index (χ4n) is 0.679. The third-order valence-corrected chi connectivity index (χ3v) is 1.53. The van der Waals surface area contributed by atoms with Gasteiger partial charge in [0.1, 0.15) is 6.61 Å². The van der Waals surface area contributed by atoms with Crippen molar-refractivity contribution in [3.8, 4) is 0 Å². The van der Waals surface area contributed by atoms with Crippen LogP contribution in [0.25, 0.3) is 0 Å². The lowest BCUT2D eigenvalue weighted by Crippen LogP contribution is -2.22. The molecule has 1 atom stereocenters. The molecule has 4 heteroatoms. The van der Waals surface area contributed by atoms with Crippen molar-refractivity contribution in [2.24, 2.45) is 0 Å². The summed E-state index contributed by atoms with van der Waals surface area (Å²) in [6.07, 6.45) is 1.51. The van der Waals surface area contributed by atoms with E-state index in [-0.39, 0.29) is 18.5 Å². The SMILES string of the molecule is C=CC(COC(=O)CC)OC(=O)CC. The van der Waals surface area contributed by atoms with Crippen molar-refractivity contribution in [2.75, 3.05) is 6.61 Å². The van der Waals surface area contributed by atoms with Gasteiger partial charge >= 0.3 is 11.9 Å². The lowest BCUT2D eigenvalue weighted by molar-refractivity contribution is -0.155. The molecule has 0 bridgehead atoms. The molecule has 4 nitrogen and oxygen atoms in total. The Kier molecular flexibility index (Phi) is 6.45. The first-order chi connectivity index (χ1) is 6.63. The van der Waals surface area contributed by atoms with Crippen LogP contribution in [0.1, 0.15) is 26.7 Å². The molecule has 0 fully saturated rings. The summed E-state index contributed by atoms with van der Waals surface area (Å²) in [6, 6.07) is 0. The Morgan fingerprint density at radius 3 is 2.29 bits per heavy atom. The van der Waals surface area contributed by atoms with Gasteiger partial charge in [-0.05, 0) is 6.08 Å². The predicted molar refractivity (Wildman–Crippen MR) is 51.6 cm³/mol. The van der Waals surface area contributed by atoms with Crippen molar-refractivity contribution in [3.63, 3.8) is 0 Å². The maximum atomic E-state index is 10.9. The average Bonchev–Trinajstić information content (AvgIpc) is 2.22. The second-order valence-electron chi connectivity index (χ2n) is 2.65. The van der Waals surface area contributed by atoms with E-state index in [1.54, 1.807) is 13.8 Å². The van der Waals surface area contributed by atoms with Gasteiger partial charge in [0.05, 0.1) is 0 Å². The molecule has 0 aliphatic rings. The largest absolute Gasteiger partial charge is 0.461 e. The van der Waals surface area contributed by atoms with E-state index in [0.29, 0.717) is 12.8 Å². The molecule has 0 aliphatic carbocycles. The number of esters is 2. The van der Waals surface area contributed by atoms with Gasteiger partial charge in [0.15, 0.2) is 6.10 Å². The summed E-state index contributed by atoms with van der Waals surface area (Å²) in [6.45, 7) is 6.92. The number of hydrogen-bond donors (Lipinski definition) is 0. The highest BCUT2D eigenvalue weighted by Gasteiger charge is 2.11. The monoisotopic (exact) mass is 200 g/mol. The zero-order valence-electron chi connectivity index (χ0n) is 8.62. The summed E-state index contributed by atoms with van der Waals surface area (Å²) in [7, 11) is 0. The summed E-state index contributed by atoms with van der Waals surface area (Å²) in [5.74, 6) is -0.646. The van der Waals surface area contributed by atoms with Gasteiger partial charge in [0.25, 0.3) is 0 Å². The Morgan fingerprint density at radius 2 is 1.86 bits per heavy atom. The quantitative estimate of drug-likeness (QED) is 0.481. The summed E-state index contributed by atoms with van der Waals surface area (Å²) >= 11 is 0. The fraction of sp³-hybridized carbons (Fsp3) is 0.600. The number of rotatable bonds is 6. The molecule has 0 radical (unpaired) electrons. The maximum absolute atomic E-state index is 10.9. The zero-order chi connectivity index (χ0) is 11.0. The molecule has 0 saturated heterocycles. The van der Waals surface area contributed by atoms with E-state index >= 15 is 0 Å². The molecule has 0 heterocycles. The van der Waals surface area contributed by atoms with Crippen LogP contribution in [-0.4, -0.2) is 24.6 Å². The van der Waals surface area contributed by atoms with Gasteiger partial charge in [-0.3, -0.25) is 9.59 Å². The van der Waals surface area contributed by atoms with Gasteiger partial charge < -0.3 is 9.47 Å². The first kappa shape index (κ1) is 12.7. The van der Waals surface area contributed by atoms with E-state index in [4.69, 9.17) is 9.47 Å². The third-order valence-electron chi connectivity index (χ3n) is 1.53. The number of hydrogen-bond acceptors (Lipinski definition) is 4. The van der Waals surface area contributed by atoms with Crippen LogP contribution < -0.4 is 0 Å². The van der Waals surface area contributed by atoms with Crippen molar-refractivity contribution in [2.45, 2.75) is 32.8 Å². The van der Waals surface area contributed by atoms with Crippen molar-refractivity contribution in [1.82, 2.24) is 0 Å². The van der Waals surface area contributed by atoms with Gasteiger partial charge in [-0.2, -0.15) is 0 Å². The van der Waals surface area contributed by atoms with Crippen molar-refractivity contribution < 1.29 is 19.1 Å². The molecule has 14 heavy (non-hydrogen) atoms. The Hall–Kier alpha value is -1.32. The van der Waals surface area contributed by atoms with Crippen molar-refractivity contribution in [3.05, 3.63) is 12.7 Å². The summed E-state index contributed by atoms with van der Waals surface area (Å²) in [5.41, 5.74) is 0. The van der Waals surface area contributed by atoms with E-state index in [9.17, 15) is 9.59 Å². The Balaban J connectivity index is 3.85. The zero-order valence-corrected chi connectivity index (χ0v) is 8.62. The van der Waals surface area contributed by atoms with Gasteiger partial charge in [0, 0.05) is 12.8 Å². The Morgan fingerprint density at radius 1 is 1.29 bits per heavy atom. The topological polar surface area (TPSA) is 52.6 Å². The second kappa shape index (κ2) is 7.12. The summed E-state index contributed by atoms with van der Waals surface area (Å²) < 4.78 is 9.71.